The van der Waals surface area contributed by atoms with Crippen molar-refractivity contribution in [1.29, 1.82) is 0 Å². The minimum absolute atomic E-state index is 0.238. The van der Waals surface area contributed by atoms with Crippen molar-refractivity contribution >= 4 is 5.91 Å². The van der Waals surface area contributed by atoms with Gasteiger partial charge in [0, 0.05) is 25.6 Å². The van der Waals surface area contributed by atoms with Gasteiger partial charge in [0.1, 0.15) is 0 Å². The molecule has 1 aliphatic heterocycles. The van der Waals surface area contributed by atoms with Crippen LogP contribution in [-0.4, -0.2) is 49.7 Å². The number of hydrogen-bond donors (Lipinski definition) is 1. The Balaban J connectivity index is 2.25. The molecule has 14 heavy (non-hydrogen) atoms. The molecule has 1 amide bonds. The maximum Gasteiger partial charge on any atom is 0.224 e. The number of hydrogen-bond acceptors (Lipinski definition) is 3. The van der Waals surface area contributed by atoms with Crippen LogP contribution >= 0.6 is 0 Å². The lowest BCUT2D eigenvalue weighted by molar-refractivity contribution is -0.135. The fraction of sp³-hybridized carbons (Fsp3) is 0.900. The van der Waals surface area contributed by atoms with Crippen LogP contribution < -0.4 is 5.32 Å². The van der Waals surface area contributed by atoms with Crippen molar-refractivity contribution in [2.75, 3.05) is 32.8 Å². The molecule has 0 aromatic heterocycles. The molecule has 0 radical (unpaired) electrons. The van der Waals surface area contributed by atoms with Crippen molar-refractivity contribution in [3.05, 3.63) is 0 Å². The van der Waals surface area contributed by atoms with E-state index in [4.69, 9.17) is 4.74 Å². The largest absolute Gasteiger partial charge is 0.378 e. The molecular formula is C10H20N2O2. The van der Waals surface area contributed by atoms with Gasteiger partial charge in [-0.3, -0.25) is 4.79 Å². The van der Waals surface area contributed by atoms with Gasteiger partial charge in [0.2, 0.25) is 5.91 Å². The molecule has 0 saturated carbocycles. The van der Waals surface area contributed by atoms with Crippen molar-refractivity contribution in [3.63, 3.8) is 0 Å². The van der Waals surface area contributed by atoms with E-state index in [9.17, 15) is 4.79 Å². The van der Waals surface area contributed by atoms with E-state index >= 15 is 0 Å². The lowest BCUT2D eigenvalue weighted by Gasteiger charge is -2.28. The topological polar surface area (TPSA) is 41.6 Å². The summed E-state index contributed by atoms with van der Waals surface area (Å²) in [6.07, 6.45) is 0.591. The average molecular weight is 200 g/mol. The van der Waals surface area contributed by atoms with Gasteiger partial charge in [0.25, 0.3) is 0 Å². The monoisotopic (exact) mass is 200 g/mol. The Morgan fingerprint density at radius 1 is 1.50 bits per heavy atom. The second-order valence-electron chi connectivity index (χ2n) is 3.66. The highest BCUT2D eigenvalue weighted by molar-refractivity contribution is 5.76. The van der Waals surface area contributed by atoms with E-state index in [1.807, 2.05) is 11.8 Å². The third-order valence-electron chi connectivity index (χ3n) is 2.40. The molecule has 0 bridgehead atoms. The highest BCUT2D eigenvalue weighted by Gasteiger charge is 2.18. The lowest BCUT2D eigenvalue weighted by Crippen LogP contribution is -2.43. The van der Waals surface area contributed by atoms with Gasteiger partial charge in [-0.25, -0.2) is 0 Å². The number of morpholine rings is 1. The summed E-state index contributed by atoms with van der Waals surface area (Å²) < 4.78 is 5.19. The van der Waals surface area contributed by atoms with Gasteiger partial charge < -0.3 is 15.0 Å². The van der Waals surface area contributed by atoms with Gasteiger partial charge in [-0.1, -0.05) is 6.92 Å². The third kappa shape index (κ3) is 3.64. The molecule has 4 nitrogen and oxygen atoms in total. The highest BCUT2D eigenvalue weighted by Crippen LogP contribution is 2.02. The summed E-state index contributed by atoms with van der Waals surface area (Å²) in [6.45, 7) is 7.87. The second kappa shape index (κ2) is 5.98. The fourth-order valence-corrected chi connectivity index (χ4v) is 1.62. The molecule has 0 spiro atoms. The van der Waals surface area contributed by atoms with Crippen LogP contribution in [0.15, 0.2) is 0 Å². The van der Waals surface area contributed by atoms with Crippen molar-refractivity contribution in [2.24, 2.45) is 0 Å². The van der Waals surface area contributed by atoms with Crippen LogP contribution in [0.25, 0.3) is 0 Å². The Bertz CT molecular complexity index is 179. The van der Waals surface area contributed by atoms with Crippen molar-refractivity contribution in [3.8, 4) is 0 Å². The first kappa shape index (κ1) is 11.5. The van der Waals surface area contributed by atoms with Gasteiger partial charge in [-0.15, -0.1) is 0 Å². The first-order valence-corrected chi connectivity index (χ1v) is 5.33. The molecule has 82 valence electrons. The summed E-state index contributed by atoms with van der Waals surface area (Å²) in [6, 6.07) is 0.273. The number of carbonyl (C=O) groups excluding carboxylic acids is 1. The maximum absolute atomic E-state index is 11.7. The SMILES string of the molecule is CCNC(C)CC(=O)N1CCOCC1. The predicted octanol–water partition coefficient (Wildman–Crippen LogP) is 0.233. The second-order valence-corrected chi connectivity index (χ2v) is 3.66. The van der Waals surface area contributed by atoms with Crippen LogP contribution in [0.4, 0.5) is 0 Å². The first-order valence-electron chi connectivity index (χ1n) is 5.33. The summed E-state index contributed by atoms with van der Waals surface area (Å²) in [5.74, 6) is 0.238. The zero-order valence-electron chi connectivity index (χ0n) is 9.08. The quantitative estimate of drug-likeness (QED) is 0.706. The summed E-state index contributed by atoms with van der Waals surface area (Å²) in [5, 5.41) is 3.24. The molecule has 1 atom stereocenters. The maximum atomic E-state index is 11.7. The first-order chi connectivity index (χ1) is 6.74. The van der Waals surface area contributed by atoms with Crippen LogP contribution in [0, 0.1) is 0 Å². The molecule has 1 rings (SSSR count). The molecule has 1 unspecified atom stereocenters. The van der Waals surface area contributed by atoms with E-state index < -0.39 is 0 Å². The van der Waals surface area contributed by atoms with E-state index in [1.165, 1.54) is 0 Å². The zero-order chi connectivity index (χ0) is 10.4. The molecule has 1 saturated heterocycles. The summed E-state index contributed by atoms with van der Waals surface area (Å²) in [5.41, 5.74) is 0. The molecule has 1 N–H and O–H groups in total. The van der Waals surface area contributed by atoms with E-state index in [0.29, 0.717) is 19.6 Å². The Kier molecular flexibility index (Phi) is 4.90. The average Bonchev–Trinajstić information content (AvgIpc) is 2.19. The fourth-order valence-electron chi connectivity index (χ4n) is 1.62. The van der Waals surface area contributed by atoms with E-state index in [1.54, 1.807) is 0 Å². The standard InChI is InChI=1S/C10H20N2O2/c1-3-11-9(2)8-10(13)12-4-6-14-7-5-12/h9,11H,3-8H2,1-2H3. The summed E-state index contributed by atoms with van der Waals surface area (Å²) >= 11 is 0. The predicted molar refractivity (Wildman–Crippen MR) is 55.2 cm³/mol. The normalized spacial score (nSPS) is 19.4. The Morgan fingerprint density at radius 2 is 2.14 bits per heavy atom. The molecule has 1 heterocycles. The number of nitrogens with one attached hydrogen (secondary N) is 1. The van der Waals surface area contributed by atoms with Crippen molar-refractivity contribution < 1.29 is 9.53 Å². The minimum atomic E-state index is 0.238. The van der Waals surface area contributed by atoms with Gasteiger partial charge in [-0.05, 0) is 13.5 Å². The Morgan fingerprint density at radius 3 is 2.71 bits per heavy atom. The summed E-state index contributed by atoms with van der Waals surface area (Å²) in [4.78, 5) is 13.6. The van der Waals surface area contributed by atoms with Crippen LogP contribution in [0.1, 0.15) is 20.3 Å². The van der Waals surface area contributed by atoms with Crippen LogP contribution in [-0.2, 0) is 9.53 Å². The highest BCUT2D eigenvalue weighted by atomic mass is 16.5. The van der Waals surface area contributed by atoms with Gasteiger partial charge in [0.05, 0.1) is 13.2 Å². The number of ether oxygens (including phenoxy) is 1. The van der Waals surface area contributed by atoms with E-state index in [-0.39, 0.29) is 11.9 Å². The zero-order valence-corrected chi connectivity index (χ0v) is 9.08. The number of nitrogens with zero attached hydrogens (tertiary/aromatic N) is 1. The molecule has 1 aliphatic rings. The molecule has 1 fully saturated rings. The van der Waals surface area contributed by atoms with Crippen LogP contribution in [0.5, 0.6) is 0 Å². The lowest BCUT2D eigenvalue weighted by atomic mass is 10.2. The molecule has 0 aromatic rings. The Hall–Kier alpha value is -0.610. The van der Waals surface area contributed by atoms with Crippen LogP contribution in [0.2, 0.25) is 0 Å². The van der Waals surface area contributed by atoms with Crippen molar-refractivity contribution in [2.45, 2.75) is 26.3 Å². The molecule has 0 aliphatic carbocycles. The number of rotatable bonds is 4. The van der Waals surface area contributed by atoms with Gasteiger partial charge >= 0.3 is 0 Å². The smallest absolute Gasteiger partial charge is 0.224 e. The van der Waals surface area contributed by atoms with Gasteiger partial charge in [-0.2, -0.15) is 0 Å². The molecular weight excluding hydrogens is 180 g/mol. The molecule has 4 heteroatoms. The minimum Gasteiger partial charge on any atom is -0.378 e. The van der Waals surface area contributed by atoms with E-state index in [2.05, 4.69) is 12.2 Å². The van der Waals surface area contributed by atoms with Crippen molar-refractivity contribution in [1.82, 2.24) is 10.2 Å². The molecule has 0 aromatic carbocycles. The Labute approximate surface area is 85.6 Å². The third-order valence-corrected chi connectivity index (χ3v) is 2.40. The number of carbonyl (C=O) groups is 1. The summed E-state index contributed by atoms with van der Waals surface area (Å²) in [7, 11) is 0. The number of amides is 1. The van der Waals surface area contributed by atoms with E-state index in [0.717, 1.165) is 19.6 Å². The van der Waals surface area contributed by atoms with Gasteiger partial charge in [0.15, 0.2) is 0 Å². The van der Waals surface area contributed by atoms with Crippen LogP contribution in [0.3, 0.4) is 0 Å².